The summed E-state index contributed by atoms with van der Waals surface area (Å²) in [5.74, 6) is 0. The third kappa shape index (κ3) is 1.80. The standard InChI is InChI=1S/C8H12FNO/c1-8(2,9)7(11)6-3-4-10-5-6/h3-5,7,10-11H,1-2H3. The van der Waals surface area contributed by atoms with E-state index < -0.39 is 11.8 Å². The molecular weight excluding hydrogens is 145 g/mol. The van der Waals surface area contributed by atoms with Crippen LogP contribution in [-0.4, -0.2) is 15.8 Å². The average Bonchev–Trinajstić information content (AvgIpc) is 2.34. The van der Waals surface area contributed by atoms with Gasteiger partial charge in [0.25, 0.3) is 0 Å². The molecular formula is C8H12FNO. The van der Waals surface area contributed by atoms with E-state index in [1.54, 1.807) is 18.5 Å². The minimum Gasteiger partial charge on any atom is -0.385 e. The topological polar surface area (TPSA) is 36.0 Å². The Morgan fingerprint density at radius 1 is 1.64 bits per heavy atom. The number of hydrogen-bond donors (Lipinski definition) is 2. The van der Waals surface area contributed by atoms with Crippen molar-refractivity contribution in [3.05, 3.63) is 24.0 Å². The van der Waals surface area contributed by atoms with Gasteiger partial charge in [0.2, 0.25) is 0 Å². The molecule has 0 aliphatic rings. The van der Waals surface area contributed by atoms with Crippen LogP contribution in [0.3, 0.4) is 0 Å². The van der Waals surface area contributed by atoms with Crippen molar-refractivity contribution in [1.82, 2.24) is 4.98 Å². The van der Waals surface area contributed by atoms with E-state index >= 15 is 0 Å². The molecule has 0 saturated heterocycles. The maximum absolute atomic E-state index is 13.1. The summed E-state index contributed by atoms with van der Waals surface area (Å²) in [5, 5.41) is 9.35. The molecule has 0 amide bonds. The highest BCUT2D eigenvalue weighted by Gasteiger charge is 2.28. The highest BCUT2D eigenvalue weighted by atomic mass is 19.1. The largest absolute Gasteiger partial charge is 0.385 e. The summed E-state index contributed by atoms with van der Waals surface area (Å²) in [6.45, 7) is 2.70. The van der Waals surface area contributed by atoms with Crippen LogP contribution in [0.5, 0.6) is 0 Å². The molecule has 1 unspecified atom stereocenters. The van der Waals surface area contributed by atoms with Crippen LogP contribution in [0.1, 0.15) is 25.5 Å². The molecule has 0 fully saturated rings. The molecule has 0 bridgehead atoms. The Balaban J connectivity index is 2.78. The number of halogens is 1. The first-order chi connectivity index (χ1) is 5.02. The predicted molar refractivity (Wildman–Crippen MR) is 40.9 cm³/mol. The Kier molecular flexibility index (Phi) is 2.00. The normalized spacial score (nSPS) is 14.9. The lowest BCUT2D eigenvalue weighted by atomic mass is 9.99. The van der Waals surface area contributed by atoms with Crippen LogP contribution >= 0.6 is 0 Å². The van der Waals surface area contributed by atoms with Crippen LogP contribution < -0.4 is 0 Å². The van der Waals surface area contributed by atoms with E-state index in [0.717, 1.165) is 0 Å². The van der Waals surface area contributed by atoms with E-state index in [9.17, 15) is 9.50 Å². The van der Waals surface area contributed by atoms with Gasteiger partial charge in [0.1, 0.15) is 11.8 Å². The summed E-state index contributed by atoms with van der Waals surface area (Å²) in [7, 11) is 0. The first-order valence-electron chi connectivity index (χ1n) is 3.51. The Hall–Kier alpha value is -0.830. The minimum absolute atomic E-state index is 0.581. The van der Waals surface area contributed by atoms with Gasteiger partial charge in [0.15, 0.2) is 0 Å². The average molecular weight is 157 g/mol. The molecule has 0 aliphatic carbocycles. The van der Waals surface area contributed by atoms with Gasteiger partial charge in [-0.1, -0.05) is 0 Å². The lowest BCUT2D eigenvalue weighted by Crippen LogP contribution is -2.22. The third-order valence-electron chi connectivity index (χ3n) is 1.59. The number of aromatic amines is 1. The maximum Gasteiger partial charge on any atom is 0.135 e. The summed E-state index contributed by atoms with van der Waals surface area (Å²) in [5.41, 5.74) is -1.00. The lowest BCUT2D eigenvalue weighted by Gasteiger charge is -2.20. The quantitative estimate of drug-likeness (QED) is 0.674. The number of nitrogens with one attached hydrogen (secondary N) is 1. The Morgan fingerprint density at radius 3 is 2.64 bits per heavy atom. The zero-order chi connectivity index (χ0) is 8.48. The van der Waals surface area contributed by atoms with Crippen LogP contribution in [0.2, 0.25) is 0 Å². The predicted octanol–water partition coefficient (Wildman–Crippen LogP) is 1.80. The number of H-pyrrole nitrogens is 1. The van der Waals surface area contributed by atoms with Gasteiger partial charge in [-0.15, -0.1) is 0 Å². The van der Waals surface area contributed by atoms with Gasteiger partial charge in [-0.3, -0.25) is 0 Å². The van der Waals surface area contributed by atoms with Gasteiger partial charge in [0, 0.05) is 18.0 Å². The van der Waals surface area contributed by atoms with Crippen LogP contribution in [0.25, 0.3) is 0 Å². The molecule has 0 spiro atoms. The van der Waals surface area contributed by atoms with Gasteiger partial charge < -0.3 is 10.1 Å². The molecule has 2 N–H and O–H groups in total. The Bertz CT molecular complexity index is 212. The van der Waals surface area contributed by atoms with Crippen LogP contribution in [0.15, 0.2) is 18.5 Å². The van der Waals surface area contributed by atoms with Crippen molar-refractivity contribution in [2.75, 3.05) is 0 Å². The van der Waals surface area contributed by atoms with E-state index in [2.05, 4.69) is 4.98 Å². The number of hydrogen-bond acceptors (Lipinski definition) is 1. The second-order valence-electron chi connectivity index (χ2n) is 3.11. The monoisotopic (exact) mass is 157 g/mol. The fraction of sp³-hybridized carbons (Fsp3) is 0.500. The fourth-order valence-electron chi connectivity index (χ4n) is 0.903. The molecule has 1 rings (SSSR count). The van der Waals surface area contributed by atoms with E-state index in [1.807, 2.05) is 0 Å². The van der Waals surface area contributed by atoms with E-state index in [1.165, 1.54) is 13.8 Å². The van der Waals surface area contributed by atoms with Crippen molar-refractivity contribution in [3.8, 4) is 0 Å². The number of aliphatic hydroxyl groups excluding tert-OH is 1. The molecule has 2 nitrogen and oxygen atoms in total. The lowest BCUT2D eigenvalue weighted by molar-refractivity contribution is 0.0162. The summed E-state index contributed by atoms with van der Waals surface area (Å²) in [4.78, 5) is 2.76. The molecule has 0 aromatic carbocycles. The van der Waals surface area contributed by atoms with Crippen molar-refractivity contribution < 1.29 is 9.50 Å². The van der Waals surface area contributed by atoms with Crippen molar-refractivity contribution in [3.63, 3.8) is 0 Å². The Morgan fingerprint density at radius 2 is 2.27 bits per heavy atom. The molecule has 1 aromatic heterocycles. The second-order valence-corrected chi connectivity index (χ2v) is 3.11. The van der Waals surface area contributed by atoms with Crippen LogP contribution in [0, 0.1) is 0 Å². The minimum atomic E-state index is -1.58. The van der Waals surface area contributed by atoms with Gasteiger partial charge in [0.05, 0.1) is 0 Å². The summed E-state index contributed by atoms with van der Waals surface area (Å²) in [6, 6.07) is 1.66. The van der Waals surface area contributed by atoms with E-state index in [-0.39, 0.29) is 0 Å². The second kappa shape index (κ2) is 2.66. The molecule has 3 heteroatoms. The molecule has 1 atom stereocenters. The maximum atomic E-state index is 13.1. The molecule has 11 heavy (non-hydrogen) atoms. The zero-order valence-corrected chi connectivity index (χ0v) is 6.63. The highest BCUT2D eigenvalue weighted by molar-refractivity contribution is 5.14. The smallest absolute Gasteiger partial charge is 0.135 e. The van der Waals surface area contributed by atoms with Gasteiger partial charge in [-0.2, -0.15) is 0 Å². The number of rotatable bonds is 2. The number of alkyl halides is 1. The molecule has 0 radical (unpaired) electrons. The molecule has 0 saturated carbocycles. The van der Waals surface area contributed by atoms with Crippen molar-refractivity contribution in [2.24, 2.45) is 0 Å². The molecule has 1 heterocycles. The molecule has 1 aromatic rings. The van der Waals surface area contributed by atoms with Crippen LogP contribution in [-0.2, 0) is 0 Å². The zero-order valence-electron chi connectivity index (χ0n) is 6.63. The van der Waals surface area contributed by atoms with Crippen LogP contribution in [0.4, 0.5) is 4.39 Å². The van der Waals surface area contributed by atoms with Gasteiger partial charge in [-0.05, 0) is 19.9 Å². The summed E-state index contributed by atoms with van der Waals surface area (Å²) >= 11 is 0. The van der Waals surface area contributed by atoms with Crippen molar-refractivity contribution in [1.29, 1.82) is 0 Å². The van der Waals surface area contributed by atoms with Gasteiger partial charge >= 0.3 is 0 Å². The number of aliphatic hydroxyl groups is 1. The van der Waals surface area contributed by atoms with Crippen molar-refractivity contribution in [2.45, 2.75) is 25.6 Å². The van der Waals surface area contributed by atoms with Crippen molar-refractivity contribution >= 4 is 0 Å². The van der Waals surface area contributed by atoms with E-state index in [0.29, 0.717) is 5.56 Å². The summed E-state index contributed by atoms with van der Waals surface area (Å²) < 4.78 is 13.1. The Labute approximate surface area is 65.1 Å². The first kappa shape index (κ1) is 8.27. The van der Waals surface area contributed by atoms with E-state index in [4.69, 9.17) is 0 Å². The van der Waals surface area contributed by atoms with Gasteiger partial charge in [-0.25, -0.2) is 4.39 Å². The summed E-state index contributed by atoms with van der Waals surface area (Å²) in [6.07, 6.45) is 2.20. The molecule has 0 aliphatic heterocycles. The number of aromatic nitrogens is 1. The molecule has 62 valence electrons. The SMILES string of the molecule is CC(C)(F)C(O)c1cc[nH]c1. The highest BCUT2D eigenvalue weighted by Crippen LogP contribution is 2.27. The fourth-order valence-corrected chi connectivity index (χ4v) is 0.903. The first-order valence-corrected chi connectivity index (χ1v) is 3.51. The third-order valence-corrected chi connectivity index (χ3v) is 1.59.